The Morgan fingerprint density at radius 3 is 2.72 bits per heavy atom. The summed E-state index contributed by atoms with van der Waals surface area (Å²) in [6.07, 6.45) is 1.80. The van der Waals surface area contributed by atoms with Crippen LogP contribution in [0, 0.1) is 0 Å². The number of hydrogen-bond donors (Lipinski definition) is 2. The second-order valence-electron chi connectivity index (χ2n) is 4.41. The topological polar surface area (TPSA) is 40.7 Å². The fourth-order valence-corrected chi connectivity index (χ4v) is 1.86. The quantitative estimate of drug-likeness (QED) is 0.894. The smallest absolute Gasteiger partial charge is 0.120 e. The van der Waals surface area contributed by atoms with Crippen molar-refractivity contribution in [2.45, 2.75) is 26.4 Å². The van der Waals surface area contributed by atoms with Gasteiger partial charge in [0.2, 0.25) is 0 Å². The number of halogens is 2. The first-order chi connectivity index (χ1) is 8.56. The van der Waals surface area contributed by atoms with Crippen molar-refractivity contribution in [2.24, 2.45) is 0 Å². The highest BCUT2D eigenvalue weighted by Crippen LogP contribution is 2.27. The van der Waals surface area contributed by atoms with Crippen LogP contribution < -0.4 is 5.32 Å². The van der Waals surface area contributed by atoms with Crippen LogP contribution in [0.4, 0.5) is 0 Å². The molecule has 0 bridgehead atoms. The summed E-state index contributed by atoms with van der Waals surface area (Å²) in [7, 11) is 0. The molecule has 1 aromatic heterocycles. The zero-order valence-corrected chi connectivity index (χ0v) is 11.8. The van der Waals surface area contributed by atoms with Gasteiger partial charge in [-0.3, -0.25) is 0 Å². The molecule has 0 saturated heterocycles. The zero-order chi connectivity index (χ0) is 13.1. The van der Waals surface area contributed by atoms with Gasteiger partial charge in [0, 0.05) is 11.6 Å². The van der Waals surface area contributed by atoms with E-state index in [2.05, 4.69) is 29.1 Å². The maximum absolute atomic E-state index is 5.99. The number of rotatable bonds is 4. The van der Waals surface area contributed by atoms with Crippen molar-refractivity contribution in [1.82, 2.24) is 15.3 Å². The molecule has 1 aromatic carbocycles. The minimum Gasteiger partial charge on any atom is -0.341 e. The van der Waals surface area contributed by atoms with Gasteiger partial charge in [0.25, 0.3) is 0 Å². The van der Waals surface area contributed by atoms with Gasteiger partial charge in [-0.2, -0.15) is 0 Å². The monoisotopic (exact) mass is 283 g/mol. The van der Waals surface area contributed by atoms with Crippen LogP contribution in [0.1, 0.15) is 19.7 Å². The van der Waals surface area contributed by atoms with Crippen LogP contribution >= 0.6 is 23.2 Å². The molecular weight excluding hydrogens is 269 g/mol. The third kappa shape index (κ3) is 3.25. The number of imidazole rings is 1. The Kier molecular flexibility index (Phi) is 4.27. The lowest BCUT2D eigenvalue weighted by atomic mass is 10.2. The molecule has 0 spiro atoms. The molecule has 0 atom stereocenters. The SMILES string of the molecule is CC(C)NCc1ncc(-c2ccc(Cl)c(Cl)c2)[nH]1. The molecule has 2 rings (SSSR count). The average Bonchev–Trinajstić information content (AvgIpc) is 2.79. The van der Waals surface area contributed by atoms with Crippen LogP contribution in [0.25, 0.3) is 11.3 Å². The summed E-state index contributed by atoms with van der Waals surface area (Å²) >= 11 is 11.9. The van der Waals surface area contributed by atoms with Crippen molar-refractivity contribution >= 4 is 23.2 Å². The van der Waals surface area contributed by atoms with Crippen LogP contribution in [0.2, 0.25) is 10.0 Å². The molecule has 0 aliphatic rings. The Hall–Kier alpha value is -1.03. The molecule has 96 valence electrons. The van der Waals surface area contributed by atoms with Gasteiger partial charge in [0.1, 0.15) is 5.82 Å². The Morgan fingerprint density at radius 1 is 1.28 bits per heavy atom. The Bertz CT molecular complexity index is 535. The Labute approximate surface area is 117 Å². The molecule has 18 heavy (non-hydrogen) atoms. The van der Waals surface area contributed by atoms with E-state index in [1.165, 1.54) is 0 Å². The van der Waals surface area contributed by atoms with Crippen molar-refractivity contribution < 1.29 is 0 Å². The molecule has 0 radical (unpaired) electrons. The maximum atomic E-state index is 5.99. The third-order valence-electron chi connectivity index (χ3n) is 2.54. The first-order valence-electron chi connectivity index (χ1n) is 5.79. The zero-order valence-electron chi connectivity index (χ0n) is 10.3. The molecule has 2 N–H and O–H groups in total. The lowest BCUT2D eigenvalue weighted by molar-refractivity contribution is 0.575. The van der Waals surface area contributed by atoms with Gasteiger partial charge in [-0.1, -0.05) is 43.1 Å². The first-order valence-corrected chi connectivity index (χ1v) is 6.54. The number of hydrogen-bond acceptors (Lipinski definition) is 2. The third-order valence-corrected chi connectivity index (χ3v) is 3.28. The van der Waals surface area contributed by atoms with E-state index >= 15 is 0 Å². The van der Waals surface area contributed by atoms with E-state index in [0.29, 0.717) is 16.1 Å². The highest BCUT2D eigenvalue weighted by atomic mass is 35.5. The molecule has 0 amide bonds. The minimum atomic E-state index is 0.434. The molecule has 0 aliphatic carbocycles. The highest BCUT2D eigenvalue weighted by molar-refractivity contribution is 6.42. The van der Waals surface area contributed by atoms with E-state index in [9.17, 15) is 0 Å². The number of aromatic nitrogens is 2. The highest BCUT2D eigenvalue weighted by Gasteiger charge is 2.06. The normalized spacial score (nSPS) is 11.2. The van der Waals surface area contributed by atoms with Gasteiger partial charge >= 0.3 is 0 Å². The lowest BCUT2D eigenvalue weighted by Gasteiger charge is -2.05. The van der Waals surface area contributed by atoms with Crippen molar-refractivity contribution in [3.63, 3.8) is 0 Å². The van der Waals surface area contributed by atoms with Gasteiger partial charge in [0.15, 0.2) is 0 Å². The largest absolute Gasteiger partial charge is 0.341 e. The van der Waals surface area contributed by atoms with Crippen molar-refractivity contribution in [3.8, 4) is 11.3 Å². The predicted molar refractivity (Wildman–Crippen MR) is 76.0 cm³/mol. The Balaban J connectivity index is 2.16. The standard InChI is InChI=1S/C13H15Cl2N3/c1-8(2)16-7-13-17-6-12(18-13)9-3-4-10(14)11(15)5-9/h3-6,8,16H,7H2,1-2H3,(H,17,18). The summed E-state index contributed by atoms with van der Waals surface area (Å²) in [5, 5.41) is 4.41. The summed E-state index contributed by atoms with van der Waals surface area (Å²) in [6.45, 7) is 4.92. The minimum absolute atomic E-state index is 0.434. The van der Waals surface area contributed by atoms with Crippen molar-refractivity contribution in [3.05, 3.63) is 40.3 Å². The molecule has 0 unspecified atom stereocenters. The van der Waals surface area contributed by atoms with Gasteiger partial charge in [-0.25, -0.2) is 4.98 Å². The van der Waals surface area contributed by atoms with Crippen molar-refractivity contribution in [1.29, 1.82) is 0 Å². The van der Waals surface area contributed by atoms with E-state index in [0.717, 1.165) is 23.6 Å². The molecule has 3 nitrogen and oxygen atoms in total. The summed E-state index contributed by atoms with van der Waals surface area (Å²) in [5.41, 5.74) is 1.92. The van der Waals surface area contributed by atoms with Gasteiger partial charge < -0.3 is 10.3 Å². The van der Waals surface area contributed by atoms with Crippen LogP contribution in [-0.4, -0.2) is 16.0 Å². The second-order valence-corrected chi connectivity index (χ2v) is 5.22. The van der Waals surface area contributed by atoms with Crippen LogP contribution in [0.3, 0.4) is 0 Å². The fraction of sp³-hybridized carbons (Fsp3) is 0.308. The molecular formula is C13H15Cl2N3. The molecule has 0 fully saturated rings. The van der Waals surface area contributed by atoms with E-state index in [4.69, 9.17) is 23.2 Å². The number of nitrogens with zero attached hydrogens (tertiary/aromatic N) is 1. The van der Waals surface area contributed by atoms with Crippen molar-refractivity contribution in [2.75, 3.05) is 0 Å². The van der Waals surface area contributed by atoms with E-state index in [1.807, 2.05) is 12.1 Å². The van der Waals surface area contributed by atoms with Crippen LogP contribution in [0.5, 0.6) is 0 Å². The number of H-pyrrole nitrogens is 1. The van der Waals surface area contributed by atoms with E-state index < -0.39 is 0 Å². The van der Waals surface area contributed by atoms with Crippen LogP contribution in [-0.2, 0) is 6.54 Å². The van der Waals surface area contributed by atoms with E-state index in [1.54, 1.807) is 12.3 Å². The molecule has 2 aromatic rings. The van der Waals surface area contributed by atoms with Gasteiger partial charge in [-0.05, 0) is 12.1 Å². The maximum Gasteiger partial charge on any atom is 0.120 e. The molecule has 5 heteroatoms. The van der Waals surface area contributed by atoms with Gasteiger partial charge in [-0.15, -0.1) is 0 Å². The molecule has 0 saturated carbocycles. The summed E-state index contributed by atoms with van der Waals surface area (Å²) in [4.78, 5) is 7.58. The lowest BCUT2D eigenvalue weighted by Crippen LogP contribution is -2.22. The summed E-state index contributed by atoms with van der Waals surface area (Å²) < 4.78 is 0. The fourth-order valence-electron chi connectivity index (χ4n) is 1.56. The molecule has 1 heterocycles. The molecule has 0 aliphatic heterocycles. The average molecular weight is 284 g/mol. The van der Waals surface area contributed by atoms with Gasteiger partial charge in [0.05, 0.1) is 28.5 Å². The summed E-state index contributed by atoms with van der Waals surface area (Å²) in [5.74, 6) is 0.907. The first kappa shape index (κ1) is 13.4. The van der Waals surface area contributed by atoms with Crippen LogP contribution in [0.15, 0.2) is 24.4 Å². The number of nitrogens with one attached hydrogen (secondary N) is 2. The predicted octanol–water partition coefficient (Wildman–Crippen LogP) is 3.88. The Morgan fingerprint density at radius 2 is 2.06 bits per heavy atom. The summed E-state index contributed by atoms with van der Waals surface area (Å²) in [6, 6.07) is 5.97. The van der Waals surface area contributed by atoms with E-state index in [-0.39, 0.29) is 0 Å². The number of aromatic amines is 1. The second kappa shape index (κ2) is 5.74. The number of benzene rings is 1.